The zero-order chi connectivity index (χ0) is 19.3. The van der Waals surface area contributed by atoms with Crippen molar-refractivity contribution in [2.45, 2.75) is 38.1 Å². The Morgan fingerprint density at radius 1 is 1.14 bits per heavy atom. The maximum absolute atomic E-state index is 9.47. The highest BCUT2D eigenvalue weighted by molar-refractivity contribution is 7.80. The summed E-state index contributed by atoms with van der Waals surface area (Å²) in [7, 11) is 0. The van der Waals surface area contributed by atoms with E-state index in [-0.39, 0.29) is 6.79 Å². The van der Waals surface area contributed by atoms with Gasteiger partial charge in [-0.05, 0) is 37.2 Å². The molecule has 1 aromatic heterocycles. The number of thiocarbonyl (C=S) groups is 1. The molecule has 1 aromatic carbocycles. The Kier molecular flexibility index (Phi) is 5.63. The van der Waals surface area contributed by atoms with Crippen molar-refractivity contribution in [2.24, 2.45) is 0 Å². The fourth-order valence-electron chi connectivity index (χ4n) is 3.62. The highest BCUT2D eigenvalue weighted by Gasteiger charge is 2.17. The van der Waals surface area contributed by atoms with Gasteiger partial charge < -0.3 is 25.4 Å². The van der Waals surface area contributed by atoms with E-state index in [2.05, 4.69) is 27.0 Å². The van der Waals surface area contributed by atoms with Crippen molar-refractivity contribution in [3.63, 3.8) is 0 Å². The summed E-state index contributed by atoms with van der Waals surface area (Å²) in [6.45, 7) is 1.46. The fourth-order valence-corrected chi connectivity index (χ4v) is 3.89. The second-order valence-electron chi connectivity index (χ2n) is 7.06. The van der Waals surface area contributed by atoms with E-state index in [1.807, 2.05) is 18.2 Å². The molecule has 2 aromatic rings. The van der Waals surface area contributed by atoms with E-state index in [1.54, 1.807) is 0 Å². The van der Waals surface area contributed by atoms with Gasteiger partial charge in [0.2, 0.25) is 6.79 Å². The average molecular weight is 398 g/mol. The quantitative estimate of drug-likeness (QED) is 0.524. The molecule has 7 nitrogen and oxygen atoms in total. The Labute approximate surface area is 169 Å². The predicted octanol–water partition coefficient (Wildman–Crippen LogP) is 3.04. The monoisotopic (exact) mass is 397 g/mol. The Balaban J connectivity index is 1.34. The highest BCUT2D eigenvalue weighted by atomic mass is 32.1. The van der Waals surface area contributed by atoms with Gasteiger partial charge in [0.1, 0.15) is 11.9 Å². The molecule has 2 heterocycles. The van der Waals surface area contributed by atoms with Crippen LogP contribution in [0, 0.1) is 11.3 Å². The summed E-state index contributed by atoms with van der Waals surface area (Å²) in [5, 5.41) is 20.8. The first kappa shape index (κ1) is 18.6. The van der Waals surface area contributed by atoms with Gasteiger partial charge in [0.15, 0.2) is 16.6 Å². The van der Waals surface area contributed by atoms with Crippen molar-refractivity contribution in [3.8, 4) is 17.6 Å². The normalized spacial score (nSPS) is 15.8. The van der Waals surface area contributed by atoms with Gasteiger partial charge in [-0.25, -0.2) is 4.98 Å². The van der Waals surface area contributed by atoms with Crippen LogP contribution < -0.4 is 25.4 Å². The molecule has 1 aliphatic carbocycles. The first-order chi connectivity index (χ1) is 13.7. The molecule has 4 rings (SSSR count). The molecule has 8 heteroatoms. The number of ether oxygens (including phenoxy) is 2. The summed E-state index contributed by atoms with van der Waals surface area (Å²) >= 11 is 5.38. The molecule has 0 unspecified atom stereocenters. The van der Waals surface area contributed by atoms with Crippen LogP contribution in [0.2, 0.25) is 0 Å². The molecule has 0 amide bonds. The number of anilines is 1. The van der Waals surface area contributed by atoms with Gasteiger partial charge in [0, 0.05) is 30.6 Å². The number of nitriles is 1. The van der Waals surface area contributed by atoms with E-state index in [0.717, 1.165) is 10.9 Å². The van der Waals surface area contributed by atoms with Crippen LogP contribution in [-0.2, 0) is 0 Å². The zero-order valence-corrected chi connectivity index (χ0v) is 16.4. The lowest BCUT2D eigenvalue weighted by Gasteiger charge is -2.24. The number of nitrogens with one attached hydrogen (secondary N) is 3. The Bertz CT molecular complexity index is 921. The molecule has 1 saturated carbocycles. The number of benzene rings is 1. The van der Waals surface area contributed by atoms with Crippen LogP contribution in [-0.4, -0.2) is 36.0 Å². The number of nitrogens with zero attached hydrogens (tertiary/aromatic N) is 2. The molecule has 146 valence electrons. The number of aromatic nitrogens is 1. The van der Waals surface area contributed by atoms with E-state index < -0.39 is 0 Å². The van der Waals surface area contributed by atoms with E-state index in [9.17, 15) is 5.26 Å². The van der Waals surface area contributed by atoms with Crippen molar-refractivity contribution in [2.75, 3.05) is 25.2 Å². The minimum absolute atomic E-state index is 0.211. The minimum atomic E-state index is 0.211. The summed E-state index contributed by atoms with van der Waals surface area (Å²) in [4.78, 5) is 4.59. The number of rotatable bonds is 5. The van der Waals surface area contributed by atoms with Crippen LogP contribution in [0.25, 0.3) is 10.9 Å². The van der Waals surface area contributed by atoms with E-state index >= 15 is 0 Å². The summed E-state index contributed by atoms with van der Waals surface area (Å²) < 4.78 is 10.8. The lowest BCUT2D eigenvalue weighted by atomic mass is 9.96. The minimum Gasteiger partial charge on any atom is -0.454 e. The van der Waals surface area contributed by atoms with Crippen LogP contribution >= 0.6 is 12.2 Å². The van der Waals surface area contributed by atoms with Gasteiger partial charge in [-0.3, -0.25) is 0 Å². The van der Waals surface area contributed by atoms with Gasteiger partial charge in [0.05, 0.1) is 11.1 Å². The molecular weight excluding hydrogens is 374 g/mol. The first-order valence-electron chi connectivity index (χ1n) is 9.65. The maximum Gasteiger partial charge on any atom is 0.231 e. The van der Waals surface area contributed by atoms with Gasteiger partial charge in [-0.15, -0.1) is 0 Å². The van der Waals surface area contributed by atoms with Crippen LogP contribution in [0.4, 0.5) is 5.82 Å². The van der Waals surface area contributed by atoms with Crippen LogP contribution in [0.3, 0.4) is 0 Å². The molecule has 0 radical (unpaired) electrons. The molecule has 3 N–H and O–H groups in total. The van der Waals surface area contributed by atoms with Gasteiger partial charge >= 0.3 is 0 Å². The van der Waals surface area contributed by atoms with Crippen molar-refractivity contribution >= 4 is 34.1 Å². The molecule has 0 saturated heterocycles. The second kappa shape index (κ2) is 8.48. The van der Waals surface area contributed by atoms with Crippen molar-refractivity contribution in [1.82, 2.24) is 15.6 Å². The Hall–Kier alpha value is -2.79. The Morgan fingerprint density at radius 3 is 2.71 bits per heavy atom. The zero-order valence-electron chi connectivity index (χ0n) is 15.6. The highest BCUT2D eigenvalue weighted by Crippen LogP contribution is 2.36. The Morgan fingerprint density at radius 2 is 1.93 bits per heavy atom. The van der Waals surface area contributed by atoms with Crippen LogP contribution in [0.5, 0.6) is 11.5 Å². The number of hydrogen-bond donors (Lipinski definition) is 3. The number of fused-ring (bicyclic) bond motifs is 2. The molecular formula is C20H23N5O2S. The third kappa shape index (κ3) is 4.20. The van der Waals surface area contributed by atoms with E-state index in [1.165, 1.54) is 32.1 Å². The first-order valence-corrected chi connectivity index (χ1v) is 10.1. The molecule has 2 aliphatic rings. The topological polar surface area (TPSA) is 91.2 Å². The molecule has 0 bridgehead atoms. The largest absolute Gasteiger partial charge is 0.454 e. The van der Waals surface area contributed by atoms with Crippen LogP contribution in [0.1, 0.15) is 37.7 Å². The van der Waals surface area contributed by atoms with Gasteiger partial charge in [0.25, 0.3) is 0 Å². The predicted molar refractivity (Wildman–Crippen MR) is 112 cm³/mol. The van der Waals surface area contributed by atoms with E-state index in [0.29, 0.717) is 47.1 Å². The summed E-state index contributed by atoms with van der Waals surface area (Å²) in [6, 6.07) is 8.20. The van der Waals surface area contributed by atoms with Gasteiger partial charge in [-0.2, -0.15) is 5.26 Å². The van der Waals surface area contributed by atoms with Crippen molar-refractivity contribution in [1.29, 1.82) is 5.26 Å². The van der Waals surface area contributed by atoms with Crippen molar-refractivity contribution in [3.05, 3.63) is 23.8 Å². The molecule has 1 aliphatic heterocycles. The van der Waals surface area contributed by atoms with Gasteiger partial charge in [-0.1, -0.05) is 19.3 Å². The summed E-state index contributed by atoms with van der Waals surface area (Å²) in [5.41, 5.74) is 1.25. The molecule has 0 atom stereocenters. The van der Waals surface area contributed by atoms with Crippen molar-refractivity contribution < 1.29 is 9.47 Å². The maximum atomic E-state index is 9.47. The summed E-state index contributed by atoms with van der Waals surface area (Å²) in [5.74, 6) is 1.92. The summed E-state index contributed by atoms with van der Waals surface area (Å²) in [6.07, 6.45) is 6.24. The number of pyridine rings is 1. The standard InChI is InChI=1S/C20H23N5O2S/c21-11-14-8-13-9-17-18(27-12-26-17)10-16(13)25-19(14)22-6-7-23-20(28)24-15-4-2-1-3-5-15/h8-10,15H,1-7,12H2,(H,22,25)(H2,23,24,28). The average Bonchev–Trinajstić information content (AvgIpc) is 3.16. The second-order valence-corrected chi connectivity index (χ2v) is 7.46. The third-order valence-corrected chi connectivity index (χ3v) is 5.34. The van der Waals surface area contributed by atoms with Crippen LogP contribution in [0.15, 0.2) is 18.2 Å². The SMILES string of the molecule is N#Cc1cc2cc3c(cc2nc1NCCNC(=S)NC1CCCCC1)OCO3. The third-order valence-electron chi connectivity index (χ3n) is 5.07. The number of hydrogen-bond acceptors (Lipinski definition) is 6. The lowest BCUT2D eigenvalue weighted by molar-refractivity contribution is 0.174. The fraction of sp³-hybridized carbons (Fsp3) is 0.450. The molecule has 1 fully saturated rings. The molecule has 0 spiro atoms. The smallest absolute Gasteiger partial charge is 0.231 e. The lowest BCUT2D eigenvalue weighted by Crippen LogP contribution is -2.44. The molecule has 28 heavy (non-hydrogen) atoms. The van der Waals surface area contributed by atoms with E-state index in [4.69, 9.17) is 21.7 Å².